The van der Waals surface area contributed by atoms with Gasteiger partial charge in [-0.25, -0.2) is 0 Å². The Morgan fingerprint density at radius 1 is 1.31 bits per heavy atom. The van der Waals surface area contributed by atoms with Crippen LogP contribution in [0.15, 0.2) is 0 Å². The quantitative estimate of drug-likeness (QED) is 0.592. The molecule has 0 radical (unpaired) electrons. The highest BCUT2D eigenvalue weighted by Gasteiger charge is 2.20. The van der Waals surface area contributed by atoms with E-state index in [1.165, 1.54) is 0 Å². The number of aliphatic carboxylic acids is 1. The molecule has 0 aliphatic carbocycles. The number of carbonyl (C=O) groups is 2. The lowest BCUT2D eigenvalue weighted by atomic mass is 9.97. The second-order valence-electron chi connectivity index (χ2n) is 4.55. The van der Waals surface area contributed by atoms with Gasteiger partial charge in [0.05, 0.1) is 5.92 Å². The first-order valence-electron chi connectivity index (χ1n) is 5.59. The second kappa shape index (κ2) is 7.22. The van der Waals surface area contributed by atoms with Crippen LogP contribution in [0.5, 0.6) is 0 Å². The highest BCUT2D eigenvalue weighted by molar-refractivity contribution is 5.79. The second-order valence-corrected chi connectivity index (χ2v) is 4.55. The van der Waals surface area contributed by atoms with Gasteiger partial charge in [-0.3, -0.25) is 9.59 Å². The molecule has 5 nitrogen and oxygen atoms in total. The standard InChI is InChI=1S/C11H22N2O3/c1-7(2)4-9(11(15)16)6-13-10(14)8(3)5-12/h7-9H,4-6,12H2,1-3H3,(H,13,14)(H,15,16). The molecular formula is C11H22N2O3. The Morgan fingerprint density at radius 3 is 2.25 bits per heavy atom. The average Bonchev–Trinajstić information content (AvgIpc) is 2.21. The Hall–Kier alpha value is -1.10. The predicted molar refractivity (Wildman–Crippen MR) is 61.8 cm³/mol. The third kappa shape index (κ3) is 5.70. The first-order chi connectivity index (χ1) is 7.38. The molecule has 0 aromatic carbocycles. The minimum atomic E-state index is -0.866. The zero-order valence-corrected chi connectivity index (χ0v) is 10.2. The van der Waals surface area contributed by atoms with Gasteiger partial charge in [0.2, 0.25) is 5.91 Å². The number of hydrogen-bond acceptors (Lipinski definition) is 3. The fourth-order valence-corrected chi connectivity index (χ4v) is 1.35. The average molecular weight is 230 g/mol. The zero-order chi connectivity index (χ0) is 12.7. The van der Waals surface area contributed by atoms with Gasteiger partial charge in [-0.1, -0.05) is 20.8 Å². The number of carboxylic acid groups (broad SMARTS) is 1. The van der Waals surface area contributed by atoms with E-state index >= 15 is 0 Å². The molecule has 16 heavy (non-hydrogen) atoms. The molecule has 0 spiro atoms. The van der Waals surface area contributed by atoms with Crippen molar-refractivity contribution in [3.63, 3.8) is 0 Å². The molecule has 0 aromatic heterocycles. The zero-order valence-electron chi connectivity index (χ0n) is 10.2. The third-order valence-corrected chi connectivity index (χ3v) is 2.43. The van der Waals surface area contributed by atoms with Gasteiger partial charge in [0.1, 0.15) is 0 Å². The van der Waals surface area contributed by atoms with E-state index in [1.54, 1.807) is 6.92 Å². The predicted octanol–water partition coefficient (Wildman–Crippen LogP) is 0.444. The van der Waals surface area contributed by atoms with Crippen LogP contribution in [-0.2, 0) is 9.59 Å². The molecular weight excluding hydrogens is 208 g/mol. The Labute approximate surface area is 96.4 Å². The minimum absolute atomic E-state index is 0.177. The van der Waals surface area contributed by atoms with Crippen LogP contribution in [0.3, 0.4) is 0 Å². The Kier molecular flexibility index (Phi) is 6.72. The lowest BCUT2D eigenvalue weighted by molar-refractivity contribution is -0.142. The molecule has 2 unspecified atom stereocenters. The summed E-state index contributed by atoms with van der Waals surface area (Å²) >= 11 is 0. The molecule has 94 valence electrons. The van der Waals surface area contributed by atoms with Crippen molar-refractivity contribution >= 4 is 11.9 Å². The van der Waals surface area contributed by atoms with E-state index in [0.717, 1.165) is 0 Å². The monoisotopic (exact) mass is 230 g/mol. The highest BCUT2D eigenvalue weighted by Crippen LogP contribution is 2.11. The van der Waals surface area contributed by atoms with Gasteiger partial charge in [-0.2, -0.15) is 0 Å². The molecule has 0 aliphatic heterocycles. The molecule has 0 fully saturated rings. The Morgan fingerprint density at radius 2 is 1.88 bits per heavy atom. The van der Waals surface area contributed by atoms with Gasteiger partial charge in [-0.15, -0.1) is 0 Å². The first-order valence-corrected chi connectivity index (χ1v) is 5.59. The molecule has 0 heterocycles. The maximum atomic E-state index is 11.4. The van der Waals surface area contributed by atoms with Gasteiger partial charge in [0.15, 0.2) is 0 Å². The van der Waals surface area contributed by atoms with Crippen molar-refractivity contribution in [2.75, 3.05) is 13.1 Å². The van der Waals surface area contributed by atoms with E-state index < -0.39 is 11.9 Å². The van der Waals surface area contributed by atoms with Crippen LogP contribution in [0.2, 0.25) is 0 Å². The number of carboxylic acids is 1. The summed E-state index contributed by atoms with van der Waals surface area (Å²) in [6.45, 7) is 6.08. The van der Waals surface area contributed by atoms with Crippen molar-refractivity contribution in [2.45, 2.75) is 27.2 Å². The molecule has 2 atom stereocenters. The smallest absolute Gasteiger partial charge is 0.308 e. The van der Waals surface area contributed by atoms with Crippen molar-refractivity contribution in [3.05, 3.63) is 0 Å². The molecule has 0 aromatic rings. The fourth-order valence-electron chi connectivity index (χ4n) is 1.35. The largest absolute Gasteiger partial charge is 0.481 e. The van der Waals surface area contributed by atoms with Crippen molar-refractivity contribution in [1.82, 2.24) is 5.32 Å². The molecule has 4 N–H and O–H groups in total. The third-order valence-electron chi connectivity index (χ3n) is 2.43. The van der Waals surface area contributed by atoms with Crippen molar-refractivity contribution < 1.29 is 14.7 Å². The summed E-state index contributed by atoms with van der Waals surface area (Å²) in [5.74, 6) is -1.54. The fraction of sp³-hybridized carbons (Fsp3) is 0.818. The summed E-state index contributed by atoms with van der Waals surface area (Å²) in [6, 6.07) is 0. The van der Waals surface area contributed by atoms with Gasteiger partial charge in [-0.05, 0) is 12.3 Å². The van der Waals surface area contributed by atoms with Crippen LogP contribution in [-0.4, -0.2) is 30.1 Å². The molecule has 0 saturated heterocycles. The van der Waals surface area contributed by atoms with E-state index in [1.807, 2.05) is 13.8 Å². The number of nitrogens with one attached hydrogen (secondary N) is 1. The normalized spacial score (nSPS) is 14.6. The summed E-state index contributed by atoms with van der Waals surface area (Å²) < 4.78 is 0. The number of hydrogen-bond donors (Lipinski definition) is 3. The van der Waals surface area contributed by atoms with E-state index in [4.69, 9.17) is 10.8 Å². The highest BCUT2D eigenvalue weighted by atomic mass is 16.4. The number of carbonyl (C=O) groups excluding carboxylic acids is 1. The van der Waals surface area contributed by atoms with Crippen LogP contribution >= 0.6 is 0 Å². The van der Waals surface area contributed by atoms with E-state index in [2.05, 4.69) is 5.32 Å². The number of amides is 1. The van der Waals surface area contributed by atoms with Gasteiger partial charge in [0, 0.05) is 19.0 Å². The van der Waals surface area contributed by atoms with Crippen LogP contribution < -0.4 is 11.1 Å². The van der Waals surface area contributed by atoms with E-state index in [-0.39, 0.29) is 24.9 Å². The van der Waals surface area contributed by atoms with E-state index in [0.29, 0.717) is 12.3 Å². The van der Waals surface area contributed by atoms with Gasteiger partial charge >= 0.3 is 5.97 Å². The summed E-state index contributed by atoms with van der Waals surface area (Å²) in [5, 5.41) is 11.6. The topological polar surface area (TPSA) is 92.4 Å². The minimum Gasteiger partial charge on any atom is -0.481 e. The van der Waals surface area contributed by atoms with Crippen LogP contribution in [0.1, 0.15) is 27.2 Å². The maximum Gasteiger partial charge on any atom is 0.308 e. The summed E-state index contributed by atoms with van der Waals surface area (Å²) in [5.41, 5.74) is 5.34. The van der Waals surface area contributed by atoms with E-state index in [9.17, 15) is 9.59 Å². The Bertz CT molecular complexity index is 241. The molecule has 0 saturated carbocycles. The summed E-state index contributed by atoms with van der Waals surface area (Å²) in [4.78, 5) is 22.3. The van der Waals surface area contributed by atoms with Gasteiger partial charge < -0.3 is 16.2 Å². The number of rotatable bonds is 7. The van der Waals surface area contributed by atoms with Crippen LogP contribution in [0.25, 0.3) is 0 Å². The molecule has 1 amide bonds. The van der Waals surface area contributed by atoms with Crippen molar-refractivity contribution in [2.24, 2.45) is 23.5 Å². The van der Waals surface area contributed by atoms with Crippen molar-refractivity contribution in [1.29, 1.82) is 0 Å². The summed E-state index contributed by atoms with van der Waals surface area (Å²) in [6.07, 6.45) is 0.562. The summed E-state index contributed by atoms with van der Waals surface area (Å²) in [7, 11) is 0. The molecule has 0 aliphatic rings. The van der Waals surface area contributed by atoms with Crippen LogP contribution in [0, 0.1) is 17.8 Å². The first kappa shape index (κ1) is 14.9. The molecule has 0 bridgehead atoms. The molecule has 5 heteroatoms. The van der Waals surface area contributed by atoms with Crippen LogP contribution in [0.4, 0.5) is 0 Å². The van der Waals surface area contributed by atoms with Crippen molar-refractivity contribution in [3.8, 4) is 0 Å². The SMILES string of the molecule is CC(C)CC(CNC(=O)C(C)CN)C(=O)O. The lowest BCUT2D eigenvalue weighted by Gasteiger charge is -2.16. The lowest BCUT2D eigenvalue weighted by Crippen LogP contribution is -2.38. The number of nitrogens with two attached hydrogens (primary N) is 1. The molecule has 0 rings (SSSR count). The van der Waals surface area contributed by atoms with Gasteiger partial charge in [0.25, 0.3) is 0 Å². The Balaban J connectivity index is 4.12. The maximum absolute atomic E-state index is 11.4.